The first-order chi connectivity index (χ1) is 14.1. The van der Waals surface area contributed by atoms with E-state index >= 15 is 0 Å². The second-order valence-corrected chi connectivity index (χ2v) is 7.30. The molecule has 6 heteroatoms. The van der Waals surface area contributed by atoms with Gasteiger partial charge in [0.15, 0.2) is 0 Å². The Morgan fingerprint density at radius 1 is 0.900 bits per heavy atom. The van der Waals surface area contributed by atoms with Crippen LogP contribution in [-0.4, -0.2) is 23.2 Å². The zero-order chi connectivity index (χ0) is 20.1. The number of rotatable bonds is 3. The van der Waals surface area contributed by atoms with Crippen molar-refractivity contribution in [3.05, 3.63) is 95.1 Å². The van der Waals surface area contributed by atoms with E-state index in [4.69, 9.17) is 4.74 Å². The number of fused-ring (bicyclic) bond motifs is 3. The highest BCUT2D eigenvalue weighted by atomic mass is 127. The van der Waals surface area contributed by atoms with Gasteiger partial charge < -0.3 is 28.7 Å². The number of imidazole rings is 1. The molecule has 4 aromatic rings. The van der Waals surface area contributed by atoms with Crippen molar-refractivity contribution in [1.82, 2.24) is 4.57 Å². The lowest BCUT2D eigenvalue weighted by Gasteiger charge is -2.14. The minimum Gasteiger partial charge on any atom is -1.00 e. The standard InChI is InChI=1S/C24H19N2O3.HI/c1-25-14-26(13-15-7-9-18(29-2)10-8-15)22-21(25)23(27)19-11-16-5-3-4-6-17(16)12-20(19)24(22)28;/h3-12,14H,13H2,1-2H3;1H/q+1;/p-1. The summed E-state index contributed by atoms with van der Waals surface area (Å²) in [6.07, 6.45) is 1.82. The van der Waals surface area contributed by atoms with E-state index in [9.17, 15) is 9.59 Å². The van der Waals surface area contributed by atoms with Crippen LogP contribution in [0.2, 0.25) is 0 Å². The molecule has 150 valence electrons. The van der Waals surface area contributed by atoms with Gasteiger partial charge in [-0.1, -0.05) is 36.4 Å². The monoisotopic (exact) mass is 510 g/mol. The highest BCUT2D eigenvalue weighted by Gasteiger charge is 2.40. The van der Waals surface area contributed by atoms with Gasteiger partial charge in [0.25, 0.3) is 0 Å². The fourth-order valence-electron chi connectivity index (χ4n) is 4.05. The molecule has 0 saturated carbocycles. The molecule has 0 fully saturated rings. The van der Waals surface area contributed by atoms with Gasteiger partial charge in [-0.2, -0.15) is 0 Å². The molecule has 1 heterocycles. The molecule has 1 aliphatic rings. The van der Waals surface area contributed by atoms with Crippen LogP contribution in [0.15, 0.2) is 67.0 Å². The van der Waals surface area contributed by atoms with Crippen LogP contribution < -0.4 is 33.3 Å². The van der Waals surface area contributed by atoms with Crippen molar-refractivity contribution in [3.8, 4) is 5.75 Å². The lowest BCUT2D eigenvalue weighted by molar-refractivity contribution is -0.672. The fourth-order valence-corrected chi connectivity index (χ4v) is 4.05. The number of carbonyl (C=O) groups excluding carboxylic acids is 2. The van der Waals surface area contributed by atoms with Gasteiger partial charge >= 0.3 is 0 Å². The Morgan fingerprint density at radius 2 is 1.50 bits per heavy atom. The molecule has 3 aromatic carbocycles. The third-order valence-electron chi connectivity index (χ3n) is 5.49. The summed E-state index contributed by atoms with van der Waals surface area (Å²) in [4.78, 5) is 26.7. The molecule has 30 heavy (non-hydrogen) atoms. The van der Waals surface area contributed by atoms with Crippen molar-refractivity contribution in [3.63, 3.8) is 0 Å². The Bertz CT molecular complexity index is 1310. The van der Waals surface area contributed by atoms with Gasteiger partial charge in [-0.25, -0.2) is 9.13 Å². The van der Waals surface area contributed by atoms with Crippen molar-refractivity contribution in [2.75, 3.05) is 7.11 Å². The summed E-state index contributed by atoms with van der Waals surface area (Å²) in [5.74, 6) is 0.548. The van der Waals surface area contributed by atoms with Crippen molar-refractivity contribution in [2.45, 2.75) is 6.54 Å². The smallest absolute Gasteiger partial charge is 0.245 e. The van der Waals surface area contributed by atoms with Gasteiger partial charge in [-0.3, -0.25) is 9.59 Å². The number of aromatic nitrogens is 2. The summed E-state index contributed by atoms with van der Waals surface area (Å²) in [5.41, 5.74) is 2.84. The van der Waals surface area contributed by atoms with Crippen LogP contribution in [0.25, 0.3) is 10.8 Å². The van der Waals surface area contributed by atoms with Crippen LogP contribution in [0.5, 0.6) is 5.75 Å². The van der Waals surface area contributed by atoms with Gasteiger partial charge in [-0.15, -0.1) is 0 Å². The first kappa shape index (κ1) is 20.3. The molecular formula is C24H19IN2O3. The molecular weight excluding hydrogens is 491 g/mol. The van der Waals surface area contributed by atoms with Gasteiger partial charge in [0.05, 0.1) is 14.2 Å². The largest absolute Gasteiger partial charge is 1.00 e. The van der Waals surface area contributed by atoms with E-state index < -0.39 is 0 Å². The average molecular weight is 510 g/mol. The van der Waals surface area contributed by atoms with Crippen molar-refractivity contribution >= 4 is 22.3 Å². The van der Waals surface area contributed by atoms with E-state index in [1.165, 1.54) is 0 Å². The molecule has 0 aliphatic heterocycles. The molecule has 5 nitrogen and oxygen atoms in total. The Hall–Kier alpha value is -3.00. The molecule has 0 radical (unpaired) electrons. The van der Waals surface area contributed by atoms with Crippen LogP contribution in [0.1, 0.15) is 37.7 Å². The number of carbonyl (C=O) groups is 2. The number of ether oxygens (including phenoxy) is 1. The van der Waals surface area contributed by atoms with E-state index in [2.05, 4.69) is 0 Å². The fraction of sp³-hybridized carbons (Fsp3) is 0.125. The van der Waals surface area contributed by atoms with Crippen molar-refractivity contribution in [2.24, 2.45) is 7.05 Å². The number of nitrogens with zero attached hydrogens (tertiary/aromatic N) is 2. The van der Waals surface area contributed by atoms with E-state index in [1.54, 1.807) is 18.7 Å². The van der Waals surface area contributed by atoms with Crippen LogP contribution in [0.3, 0.4) is 0 Å². The molecule has 5 rings (SSSR count). The highest BCUT2D eigenvalue weighted by molar-refractivity contribution is 6.27. The Morgan fingerprint density at radius 3 is 2.10 bits per heavy atom. The maximum absolute atomic E-state index is 13.4. The topological polar surface area (TPSA) is 52.2 Å². The van der Waals surface area contributed by atoms with Gasteiger partial charge in [-0.05, 0) is 40.6 Å². The zero-order valence-corrected chi connectivity index (χ0v) is 18.7. The molecule has 0 amide bonds. The molecule has 0 N–H and O–H groups in total. The van der Waals surface area contributed by atoms with Gasteiger partial charge in [0.1, 0.15) is 12.3 Å². The third-order valence-corrected chi connectivity index (χ3v) is 5.49. The van der Waals surface area contributed by atoms with Crippen molar-refractivity contribution in [1.29, 1.82) is 0 Å². The summed E-state index contributed by atoms with van der Waals surface area (Å²) in [6.45, 7) is 0.495. The zero-order valence-electron chi connectivity index (χ0n) is 16.6. The van der Waals surface area contributed by atoms with Crippen LogP contribution in [0, 0.1) is 0 Å². The molecule has 0 saturated heterocycles. The lowest BCUT2D eigenvalue weighted by atomic mass is 9.87. The second kappa shape index (κ2) is 7.68. The normalized spacial score (nSPS) is 12.3. The SMILES string of the molecule is COc1ccc(Cn2c[n+](C)c3c2C(=O)c2cc4ccccc4cc2C3=O)cc1.[I-]. The molecule has 0 unspecified atom stereocenters. The highest BCUT2D eigenvalue weighted by Crippen LogP contribution is 2.30. The van der Waals surface area contributed by atoms with E-state index in [-0.39, 0.29) is 35.5 Å². The molecule has 1 aromatic heterocycles. The van der Waals surface area contributed by atoms with Crippen LogP contribution in [-0.2, 0) is 13.6 Å². The predicted molar refractivity (Wildman–Crippen MR) is 109 cm³/mol. The number of ketones is 2. The Balaban J connectivity index is 0.00000218. The third kappa shape index (κ3) is 3.11. The quantitative estimate of drug-likeness (QED) is 0.259. The molecule has 0 bridgehead atoms. The van der Waals surface area contributed by atoms with Gasteiger partial charge in [0.2, 0.25) is 29.3 Å². The first-order valence-electron chi connectivity index (χ1n) is 9.40. The van der Waals surface area contributed by atoms with Crippen LogP contribution in [0.4, 0.5) is 0 Å². The minimum atomic E-state index is -0.116. The summed E-state index contributed by atoms with van der Waals surface area (Å²) >= 11 is 0. The summed E-state index contributed by atoms with van der Waals surface area (Å²) in [6, 6.07) is 19.1. The summed E-state index contributed by atoms with van der Waals surface area (Å²) in [7, 11) is 3.43. The maximum atomic E-state index is 13.4. The number of benzene rings is 3. The number of methoxy groups -OCH3 is 1. The predicted octanol–water partition coefficient (Wildman–Crippen LogP) is 0.302. The number of hydrogen-bond donors (Lipinski definition) is 0. The average Bonchev–Trinajstić information content (AvgIpc) is 3.07. The number of aryl methyl sites for hydroxylation is 1. The maximum Gasteiger partial charge on any atom is 0.245 e. The van der Waals surface area contributed by atoms with E-state index in [0.717, 1.165) is 22.1 Å². The summed E-state index contributed by atoms with van der Waals surface area (Å²) < 4.78 is 8.81. The van der Waals surface area contributed by atoms with Crippen molar-refractivity contribution < 1.29 is 42.9 Å². The Labute approximate surface area is 190 Å². The summed E-state index contributed by atoms with van der Waals surface area (Å²) in [5, 5.41) is 1.91. The minimum absolute atomic E-state index is 0. The molecule has 0 spiro atoms. The number of hydrogen-bond acceptors (Lipinski definition) is 3. The lowest BCUT2D eigenvalue weighted by Crippen LogP contribution is -3.00. The number of halogens is 1. The Kier molecular flexibility index (Phi) is 5.19. The van der Waals surface area contributed by atoms with E-state index in [0.29, 0.717) is 29.1 Å². The van der Waals surface area contributed by atoms with Gasteiger partial charge in [0, 0.05) is 11.1 Å². The molecule has 0 atom stereocenters. The second-order valence-electron chi connectivity index (χ2n) is 7.30. The van der Waals surface area contributed by atoms with Crippen LogP contribution >= 0.6 is 0 Å². The molecule has 1 aliphatic carbocycles. The first-order valence-corrected chi connectivity index (χ1v) is 9.40. The van der Waals surface area contributed by atoms with E-state index in [1.807, 2.05) is 71.6 Å².